The molecule has 0 aliphatic heterocycles. The van der Waals surface area contributed by atoms with Crippen molar-refractivity contribution in [2.75, 3.05) is 33.2 Å². The topological polar surface area (TPSA) is 36.4 Å². The Bertz CT molecular complexity index is 721. The number of aromatic nitrogens is 1. The maximum absolute atomic E-state index is 13.0. The minimum absolute atomic E-state index is 0.0945. The Hall–Kier alpha value is -1.72. The molecule has 0 bridgehead atoms. The maximum atomic E-state index is 13.0. The first-order valence-electron chi connectivity index (χ1n) is 9.42. The average Bonchev–Trinajstić information content (AvgIpc) is 3.03. The normalized spacial score (nSPS) is 11.4. The molecule has 1 aromatic carbocycles. The molecule has 2 rings (SSSR count). The van der Waals surface area contributed by atoms with E-state index in [0.29, 0.717) is 12.5 Å². The largest absolute Gasteiger partial charge is 0.337 e. The van der Waals surface area contributed by atoms with Crippen LogP contribution in [0, 0.1) is 6.92 Å². The van der Waals surface area contributed by atoms with Crippen LogP contribution in [0.5, 0.6) is 0 Å². The summed E-state index contributed by atoms with van der Waals surface area (Å²) in [5.74, 6) is 0.607. The zero-order valence-electron chi connectivity index (χ0n) is 16.9. The highest BCUT2D eigenvalue weighted by atomic mass is 32.1. The van der Waals surface area contributed by atoms with Gasteiger partial charge in [0, 0.05) is 25.2 Å². The lowest BCUT2D eigenvalue weighted by atomic mass is 10.0. The Labute approximate surface area is 161 Å². The van der Waals surface area contributed by atoms with Crippen LogP contribution in [0.15, 0.2) is 24.3 Å². The molecule has 0 saturated heterocycles. The van der Waals surface area contributed by atoms with Crippen LogP contribution in [-0.2, 0) is 0 Å². The number of nitrogens with zero attached hydrogens (tertiary/aromatic N) is 3. The second kappa shape index (κ2) is 9.28. The molecule has 0 spiro atoms. The Kier molecular flexibility index (Phi) is 7.35. The van der Waals surface area contributed by atoms with Gasteiger partial charge in [0.05, 0.1) is 5.69 Å². The highest BCUT2D eigenvalue weighted by Gasteiger charge is 2.21. The summed E-state index contributed by atoms with van der Waals surface area (Å²) in [5.41, 5.74) is 3.22. The van der Waals surface area contributed by atoms with Gasteiger partial charge in [-0.2, -0.15) is 0 Å². The Morgan fingerprint density at radius 3 is 2.31 bits per heavy atom. The number of likely N-dealkylation sites (N-methyl/N-ethyl adjacent to an activating group) is 2. The summed E-state index contributed by atoms with van der Waals surface area (Å²) in [6.07, 6.45) is 0. The molecule has 1 amide bonds. The van der Waals surface area contributed by atoms with Crippen LogP contribution in [-0.4, -0.2) is 53.9 Å². The number of carbonyl (C=O) groups is 1. The van der Waals surface area contributed by atoms with Gasteiger partial charge in [-0.05, 0) is 38.9 Å². The predicted molar refractivity (Wildman–Crippen MR) is 111 cm³/mol. The molecule has 0 fully saturated rings. The summed E-state index contributed by atoms with van der Waals surface area (Å²) < 4.78 is 0. The summed E-state index contributed by atoms with van der Waals surface area (Å²) in [6, 6.07) is 8.51. The highest BCUT2D eigenvalue weighted by Crippen LogP contribution is 2.30. The number of benzene rings is 1. The lowest BCUT2D eigenvalue weighted by Crippen LogP contribution is -2.37. The first-order chi connectivity index (χ1) is 12.4. The molecule has 142 valence electrons. The third-order valence-electron chi connectivity index (χ3n) is 4.78. The molecule has 0 N–H and O–H groups in total. The Morgan fingerprint density at radius 2 is 1.77 bits per heavy atom. The molecule has 0 saturated carbocycles. The van der Waals surface area contributed by atoms with E-state index in [2.05, 4.69) is 62.0 Å². The SMILES string of the molecule is CCN(C)CCN(CC)C(=O)c1sc(-c2ccc(C(C)C)cc2)nc1C. The van der Waals surface area contributed by atoms with Crippen LogP contribution >= 0.6 is 11.3 Å². The molecule has 0 radical (unpaired) electrons. The van der Waals surface area contributed by atoms with Crippen LogP contribution in [0.4, 0.5) is 0 Å². The fraction of sp³-hybridized carbons (Fsp3) is 0.524. The van der Waals surface area contributed by atoms with Gasteiger partial charge < -0.3 is 9.80 Å². The number of amides is 1. The van der Waals surface area contributed by atoms with Gasteiger partial charge in [0.15, 0.2) is 0 Å². The molecule has 0 atom stereocenters. The summed E-state index contributed by atoms with van der Waals surface area (Å²) in [5, 5.41) is 0.919. The van der Waals surface area contributed by atoms with Gasteiger partial charge >= 0.3 is 0 Å². The number of hydrogen-bond acceptors (Lipinski definition) is 4. The summed E-state index contributed by atoms with van der Waals surface area (Å²) in [6.45, 7) is 13.8. The third-order valence-corrected chi connectivity index (χ3v) is 5.97. The second-order valence-electron chi connectivity index (χ2n) is 6.99. The molecular weight excluding hydrogens is 342 g/mol. The van der Waals surface area contributed by atoms with Crippen molar-refractivity contribution < 1.29 is 4.79 Å². The Balaban J connectivity index is 2.18. The molecule has 5 heteroatoms. The van der Waals surface area contributed by atoms with E-state index in [1.807, 2.05) is 18.7 Å². The van der Waals surface area contributed by atoms with Crippen molar-refractivity contribution >= 4 is 17.2 Å². The molecule has 2 aromatic rings. The fourth-order valence-electron chi connectivity index (χ4n) is 2.73. The zero-order chi connectivity index (χ0) is 19.3. The zero-order valence-corrected chi connectivity index (χ0v) is 17.7. The highest BCUT2D eigenvalue weighted by molar-refractivity contribution is 7.17. The number of aryl methyl sites for hydroxylation is 1. The van der Waals surface area contributed by atoms with Crippen molar-refractivity contribution in [3.8, 4) is 10.6 Å². The molecule has 26 heavy (non-hydrogen) atoms. The molecule has 1 aromatic heterocycles. The van der Waals surface area contributed by atoms with E-state index in [4.69, 9.17) is 0 Å². The predicted octanol–water partition coefficient (Wildman–Crippen LogP) is 4.66. The Morgan fingerprint density at radius 1 is 1.12 bits per heavy atom. The summed E-state index contributed by atoms with van der Waals surface area (Å²) in [4.78, 5) is 22.5. The minimum atomic E-state index is 0.0945. The molecule has 0 aliphatic carbocycles. The van der Waals surface area contributed by atoms with Gasteiger partial charge in [0.2, 0.25) is 0 Å². The smallest absolute Gasteiger partial charge is 0.265 e. The molecule has 4 nitrogen and oxygen atoms in total. The number of hydrogen-bond donors (Lipinski definition) is 0. The van der Waals surface area contributed by atoms with Crippen molar-refractivity contribution in [1.82, 2.24) is 14.8 Å². The third kappa shape index (κ3) is 4.92. The van der Waals surface area contributed by atoms with E-state index in [0.717, 1.165) is 40.8 Å². The van der Waals surface area contributed by atoms with Crippen molar-refractivity contribution in [3.63, 3.8) is 0 Å². The van der Waals surface area contributed by atoms with E-state index in [1.54, 1.807) is 0 Å². The van der Waals surface area contributed by atoms with Crippen molar-refractivity contribution in [3.05, 3.63) is 40.4 Å². The minimum Gasteiger partial charge on any atom is -0.337 e. The summed E-state index contributed by atoms with van der Waals surface area (Å²) >= 11 is 1.50. The quantitative estimate of drug-likeness (QED) is 0.675. The average molecular weight is 374 g/mol. The van der Waals surface area contributed by atoms with Crippen molar-refractivity contribution in [1.29, 1.82) is 0 Å². The number of carbonyl (C=O) groups excluding carboxylic acids is 1. The fourth-order valence-corrected chi connectivity index (χ4v) is 3.76. The van der Waals surface area contributed by atoms with Gasteiger partial charge in [-0.3, -0.25) is 4.79 Å². The van der Waals surface area contributed by atoms with Gasteiger partial charge in [-0.1, -0.05) is 45.0 Å². The van der Waals surface area contributed by atoms with Crippen LogP contribution in [0.25, 0.3) is 10.6 Å². The van der Waals surface area contributed by atoms with E-state index >= 15 is 0 Å². The van der Waals surface area contributed by atoms with Crippen LogP contribution in [0.2, 0.25) is 0 Å². The number of rotatable bonds is 8. The second-order valence-corrected chi connectivity index (χ2v) is 7.99. The monoisotopic (exact) mass is 373 g/mol. The molecule has 1 heterocycles. The number of thiazole rings is 1. The van der Waals surface area contributed by atoms with Gasteiger partial charge in [0.25, 0.3) is 5.91 Å². The summed E-state index contributed by atoms with van der Waals surface area (Å²) in [7, 11) is 2.08. The van der Waals surface area contributed by atoms with E-state index < -0.39 is 0 Å². The van der Waals surface area contributed by atoms with Gasteiger partial charge in [0.1, 0.15) is 9.88 Å². The van der Waals surface area contributed by atoms with E-state index in [1.165, 1.54) is 16.9 Å². The molecule has 0 aliphatic rings. The van der Waals surface area contributed by atoms with E-state index in [9.17, 15) is 4.79 Å². The molecular formula is C21H31N3OS. The lowest BCUT2D eigenvalue weighted by molar-refractivity contribution is 0.0755. The first kappa shape index (κ1) is 20.6. The van der Waals surface area contributed by atoms with Crippen LogP contribution in [0.3, 0.4) is 0 Å². The first-order valence-corrected chi connectivity index (χ1v) is 10.2. The van der Waals surface area contributed by atoms with Crippen molar-refractivity contribution in [2.45, 2.75) is 40.5 Å². The lowest BCUT2D eigenvalue weighted by Gasteiger charge is -2.23. The molecule has 0 unspecified atom stereocenters. The van der Waals surface area contributed by atoms with Crippen molar-refractivity contribution in [2.24, 2.45) is 0 Å². The standard InChI is InChI=1S/C21H31N3OS/c1-7-23(6)13-14-24(8-2)21(25)19-16(5)22-20(26-19)18-11-9-17(10-12-18)15(3)4/h9-12,15H,7-8,13-14H2,1-6H3. The maximum Gasteiger partial charge on any atom is 0.265 e. The van der Waals surface area contributed by atoms with E-state index in [-0.39, 0.29) is 5.91 Å². The van der Waals surface area contributed by atoms with Crippen LogP contribution < -0.4 is 0 Å². The van der Waals surface area contributed by atoms with Gasteiger partial charge in [-0.25, -0.2) is 4.98 Å². The van der Waals surface area contributed by atoms with Crippen LogP contribution in [0.1, 0.15) is 54.5 Å². The van der Waals surface area contributed by atoms with Gasteiger partial charge in [-0.15, -0.1) is 11.3 Å².